The lowest BCUT2D eigenvalue weighted by Gasteiger charge is -2.25. The first kappa shape index (κ1) is 15.3. The normalized spacial score (nSPS) is 11.6. The molecule has 1 heterocycles. The van der Waals surface area contributed by atoms with Gasteiger partial charge in [0.1, 0.15) is 11.6 Å². The predicted octanol–water partition coefficient (Wildman–Crippen LogP) is 3.18. The van der Waals surface area contributed by atoms with Crippen LogP contribution in [0.2, 0.25) is 10.0 Å². The van der Waals surface area contributed by atoms with Gasteiger partial charge in [0.25, 0.3) is 0 Å². The molecule has 0 amide bonds. The van der Waals surface area contributed by atoms with Crippen molar-refractivity contribution in [2.75, 3.05) is 24.2 Å². The predicted molar refractivity (Wildman–Crippen MR) is 77.3 cm³/mol. The number of hydrogen-bond donors (Lipinski definition) is 3. The third-order valence-corrected chi connectivity index (χ3v) is 3.29. The van der Waals surface area contributed by atoms with Crippen LogP contribution in [0.3, 0.4) is 0 Å². The summed E-state index contributed by atoms with van der Waals surface area (Å²) in [4.78, 5) is 4.11. The lowest BCUT2D eigenvalue weighted by atomic mass is 9.88. The Kier molecular flexibility index (Phi) is 5.50. The summed E-state index contributed by atoms with van der Waals surface area (Å²) in [5.41, 5.74) is 5.68. The Morgan fingerprint density at radius 3 is 2.67 bits per heavy atom. The van der Waals surface area contributed by atoms with Gasteiger partial charge in [-0.3, -0.25) is 0 Å². The molecular formula is C12H19Cl2N3O. The summed E-state index contributed by atoms with van der Waals surface area (Å²) in [6, 6.07) is 1.58. The van der Waals surface area contributed by atoms with E-state index in [1.807, 2.05) is 0 Å². The first-order chi connectivity index (χ1) is 8.35. The largest absolute Gasteiger partial charge is 0.396 e. The molecule has 1 aromatic heterocycles. The summed E-state index contributed by atoms with van der Waals surface area (Å²) in [5.74, 6) is 0.798. The highest BCUT2D eigenvalue weighted by molar-refractivity contribution is 6.37. The molecule has 0 radical (unpaired) electrons. The number of nitrogens with two attached hydrogens (primary N) is 1. The zero-order valence-electron chi connectivity index (χ0n) is 10.6. The van der Waals surface area contributed by atoms with Crippen molar-refractivity contribution in [1.29, 1.82) is 0 Å². The summed E-state index contributed by atoms with van der Waals surface area (Å²) in [7, 11) is 0. The van der Waals surface area contributed by atoms with E-state index in [9.17, 15) is 0 Å². The third-order valence-electron chi connectivity index (χ3n) is 2.70. The van der Waals surface area contributed by atoms with Crippen LogP contribution in [0.25, 0.3) is 0 Å². The van der Waals surface area contributed by atoms with Gasteiger partial charge in [0.15, 0.2) is 0 Å². The number of aliphatic hydroxyl groups is 1. The van der Waals surface area contributed by atoms with E-state index in [0.717, 1.165) is 12.8 Å². The van der Waals surface area contributed by atoms with Gasteiger partial charge in [0, 0.05) is 13.2 Å². The molecule has 0 saturated carbocycles. The number of anilines is 2. The number of nitrogens with one attached hydrogen (secondary N) is 1. The second-order valence-corrected chi connectivity index (χ2v) is 5.85. The molecule has 6 heteroatoms. The minimum Gasteiger partial charge on any atom is -0.396 e. The zero-order chi connectivity index (χ0) is 13.8. The Morgan fingerprint density at radius 2 is 2.06 bits per heavy atom. The van der Waals surface area contributed by atoms with E-state index in [1.54, 1.807) is 6.07 Å². The standard InChI is InChI=1S/C12H19Cl2N3O/c1-12(2,4-3-5-18)7-16-11-9(14)6-8(13)10(15)17-11/h6,18H,3-5,7H2,1-2H3,(H3,15,16,17). The Hall–Kier alpha value is -0.710. The minimum absolute atomic E-state index is 0.0438. The van der Waals surface area contributed by atoms with E-state index in [1.165, 1.54) is 0 Å². The molecule has 102 valence electrons. The van der Waals surface area contributed by atoms with E-state index in [2.05, 4.69) is 24.1 Å². The maximum atomic E-state index is 8.84. The van der Waals surface area contributed by atoms with Crippen molar-refractivity contribution < 1.29 is 5.11 Å². The number of nitrogen functional groups attached to an aromatic ring is 1. The number of nitrogens with zero attached hydrogens (tertiary/aromatic N) is 1. The third kappa shape index (κ3) is 4.52. The highest BCUT2D eigenvalue weighted by Crippen LogP contribution is 2.29. The molecule has 4 N–H and O–H groups in total. The summed E-state index contributed by atoms with van der Waals surface area (Å²) in [6.45, 7) is 5.13. The van der Waals surface area contributed by atoms with Gasteiger partial charge in [0.2, 0.25) is 0 Å². The monoisotopic (exact) mass is 291 g/mol. The van der Waals surface area contributed by atoms with Crippen LogP contribution in [0, 0.1) is 5.41 Å². The van der Waals surface area contributed by atoms with Crippen LogP contribution in [-0.4, -0.2) is 23.2 Å². The van der Waals surface area contributed by atoms with Crippen LogP contribution in [0.15, 0.2) is 6.07 Å². The molecule has 0 atom stereocenters. The Balaban J connectivity index is 2.66. The lowest BCUT2D eigenvalue weighted by Crippen LogP contribution is -2.24. The van der Waals surface area contributed by atoms with Crippen LogP contribution >= 0.6 is 23.2 Å². The molecule has 1 aromatic rings. The molecule has 0 aromatic carbocycles. The zero-order valence-corrected chi connectivity index (χ0v) is 12.1. The lowest BCUT2D eigenvalue weighted by molar-refractivity contribution is 0.248. The topological polar surface area (TPSA) is 71.2 Å². The van der Waals surface area contributed by atoms with E-state index in [-0.39, 0.29) is 17.8 Å². The molecule has 0 aliphatic rings. The van der Waals surface area contributed by atoms with E-state index in [4.69, 9.17) is 34.0 Å². The smallest absolute Gasteiger partial charge is 0.147 e. The first-order valence-corrected chi connectivity index (χ1v) is 6.57. The number of rotatable bonds is 6. The molecule has 0 aliphatic heterocycles. The summed E-state index contributed by atoms with van der Waals surface area (Å²) >= 11 is 11.8. The Morgan fingerprint density at radius 1 is 1.39 bits per heavy atom. The molecule has 0 aliphatic carbocycles. The summed E-state index contributed by atoms with van der Waals surface area (Å²) in [6.07, 6.45) is 1.69. The SMILES string of the molecule is CC(C)(CCCO)CNc1nc(N)c(Cl)cc1Cl. The van der Waals surface area contributed by atoms with Gasteiger partial charge >= 0.3 is 0 Å². The Bertz CT molecular complexity index is 411. The molecular weight excluding hydrogens is 273 g/mol. The molecule has 18 heavy (non-hydrogen) atoms. The molecule has 0 spiro atoms. The summed E-state index contributed by atoms with van der Waals surface area (Å²) in [5, 5.41) is 12.8. The highest BCUT2D eigenvalue weighted by atomic mass is 35.5. The molecule has 4 nitrogen and oxygen atoms in total. The van der Waals surface area contributed by atoms with Crippen molar-refractivity contribution in [3.05, 3.63) is 16.1 Å². The maximum absolute atomic E-state index is 8.84. The molecule has 0 fully saturated rings. The second kappa shape index (κ2) is 6.45. The summed E-state index contributed by atoms with van der Waals surface area (Å²) < 4.78 is 0. The fourth-order valence-corrected chi connectivity index (χ4v) is 2.00. The van der Waals surface area contributed by atoms with Gasteiger partial charge in [-0.2, -0.15) is 0 Å². The van der Waals surface area contributed by atoms with Gasteiger partial charge in [-0.15, -0.1) is 0 Å². The second-order valence-electron chi connectivity index (χ2n) is 5.03. The van der Waals surface area contributed by atoms with Gasteiger partial charge in [-0.05, 0) is 24.3 Å². The first-order valence-electron chi connectivity index (χ1n) is 5.82. The fourth-order valence-electron chi connectivity index (χ4n) is 1.57. The van der Waals surface area contributed by atoms with Crippen LogP contribution in [0.4, 0.5) is 11.6 Å². The number of aromatic nitrogens is 1. The van der Waals surface area contributed by atoms with Crippen LogP contribution < -0.4 is 11.1 Å². The average Bonchev–Trinajstić information content (AvgIpc) is 2.30. The maximum Gasteiger partial charge on any atom is 0.147 e. The van der Waals surface area contributed by atoms with Gasteiger partial charge in [-0.1, -0.05) is 37.0 Å². The molecule has 0 bridgehead atoms. The van der Waals surface area contributed by atoms with Gasteiger partial charge in [-0.25, -0.2) is 4.98 Å². The van der Waals surface area contributed by atoms with Gasteiger partial charge < -0.3 is 16.2 Å². The van der Waals surface area contributed by atoms with Crippen molar-refractivity contribution in [1.82, 2.24) is 4.98 Å². The highest BCUT2D eigenvalue weighted by Gasteiger charge is 2.18. The van der Waals surface area contributed by atoms with Crippen molar-refractivity contribution in [2.24, 2.45) is 5.41 Å². The molecule has 0 saturated heterocycles. The minimum atomic E-state index is 0.0438. The van der Waals surface area contributed by atoms with E-state index in [0.29, 0.717) is 22.4 Å². The quantitative estimate of drug-likeness (QED) is 0.753. The van der Waals surface area contributed by atoms with Crippen molar-refractivity contribution in [2.45, 2.75) is 26.7 Å². The van der Waals surface area contributed by atoms with Crippen molar-refractivity contribution in [3.8, 4) is 0 Å². The molecule has 0 unspecified atom stereocenters. The van der Waals surface area contributed by atoms with E-state index < -0.39 is 0 Å². The number of aliphatic hydroxyl groups excluding tert-OH is 1. The van der Waals surface area contributed by atoms with Crippen molar-refractivity contribution in [3.63, 3.8) is 0 Å². The van der Waals surface area contributed by atoms with Crippen LogP contribution in [0.1, 0.15) is 26.7 Å². The fraction of sp³-hybridized carbons (Fsp3) is 0.583. The average molecular weight is 292 g/mol. The Labute approximate surface area is 117 Å². The number of pyridine rings is 1. The van der Waals surface area contributed by atoms with Crippen LogP contribution in [-0.2, 0) is 0 Å². The van der Waals surface area contributed by atoms with E-state index >= 15 is 0 Å². The number of hydrogen-bond acceptors (Lipinski definition) is 4. The number of halogens is 2. The van der Waals surface area contributed by atoms with Crippen LogP contribution in [0.5, 0.6) is 0 Å². The van der Waals surface area contributed by atoms with Gasteiger partial charge in [0.05, 0.1) is 10.0 Å². The molecule has 1 rings (SSSR count). The van der Waals surface area contributed by atoms with Crippen molar-refractivity contribution >= 4 is 34.8 Å².